The molecule has 3 aromatic rings. The summed E-state index contributed by atoms with van der Waals surface area (Å²) in [5.41, 5.74) is 2.69. The second-order valence-electron chi connectivity index (χ2n) is 6.44. The molecule has 0 fully saturated rings. The number of aromatic nitrogens is 3. The number of H-pyrrole nitrogens is 1. The molecule has 0 bridgehead atoms. The van der Waals surface area contributed by atoms with E-state index in [9.17, 15) is 4.79 Å². The molecule has 134 valence electrons. The number of nitrogens with zero attached hydrogens (tertiary/aromatic N) is 2. The van der Waals surface area contributed by atoms with Gasteiger partial charge < -0.3 is 9.72 Å². The molecule has 2 aromatic heterocycles. The molecular formula is C20H27N3O2. The van der Waals surface area contributed by atoms with Crippen LogP contribution in [0.1, 0.15) is 45.4 Å². The lowest BCUT2D eigenvalue weighted by Crippen LogP contribution is -2.16. The van der Waals surface area contributed by atoms with Gasteiger partial charge in [0.15, 0.2) is 0 Å². The number of nitrogens with one attached hydrogen (secondary N) is 1. The van der Waals surface area contributed by atoms with Gasteiger partial charge in [0.25, 0.3) is 0 Å². The van der Waals surface area contributed by atoms with Crippen LogP contribution in [0.3, 0.4) is 0 Å². The Morgan fingerprint density at radius 1 is 1.08 bits per heavy atom. The van der Waals surface area contributed by atoms with E-state index in [0.717, 1.165) is 61.0 Å². The molecule has 1 N–H and O–H groups in total. The van der Waals surface area contributed by atoms with Crippen molar-refractivity contribution in [3.63, 3.8) is 0 Å². The lowest BCUT2D eigenvalue weighted by atomic mass is 10.1. The number of para-hydroxylation sites is 1. The Labute approximate surface area is 148 Å². The highest BCUT2D eigenvalue weighted by atomic mass is 16.5. The van der Waals surface area contributed by atoms with Gasteiger partial charge >= 0.3 is 5.69 Å². The number of hydrogen-bond donors (Lipinski definition) is 1. The van der Waals surface area contributed by atoms with Gasteiger partial charge in [-0.25, -0.2) is 4.79 Å². The summed E-state index contributed by atoms with van der Waals surface area (Å²) in [4.78, 5) is 19.7. The molecular weight excluding hydrogens is 314 g/mol. The summed E-state index contributed by atoms with van der Waals surface area (Å²) in [5, 5.41) is 1.04. The molecule has 0 aliphatic rings. The van der Waals surface area contributed by atoms with Crippen molar-refractivity contribution < 1.29 is 4.74 Å². The molecule has 0 unspecified atom stereocenters. The van der Waals surface area contributed by atoms with Gasteiger partial charge in [0, 0.05) is 25.1 Å². The van der Waals surface area contributed by atoms with Gasteiger partial charge in [-0.1, -0.05) is 43.9 Å². The summed E-state index contributed by atoms with van der Waals surface area (Å²) in [5.74, 6) is 0. The monoisotopic (exact) mass is 341 g/mol. The van der Waals surface area contributed by atoms with Crippen molar-refractivity contribution in [2.45, 2.75) is 52.0 Å². The minimum atomic E-state index is -0.0372. The van der Waals surface area contributed by atoms with Gasteiger partial charge in [-0.05, 0) is 25.8 Å². The number of aryl methyl sites for hydroxylation is 1. The Morgan fingerprint density at radius 2 is 1.84 bits per heavy atom. The number of aromatic amines is 1. The first-order valence-electron chi connectivity index (χ1n) is 9.35. The van der Waals surface area contributed by atoms with Crippen LogP contribution in [0.4, 0.5) is 0 Å². The van der Waals surface area contributed by atoms with Gasteiger partial charge in [-0.3, -0.25) is 9.55 Å². The lowest BCUT2D eigenvalue weighted by molar-refractivity contribution is 0.143. The maximum absolute atomic E-state index is 12.3. The Balaban J connectivity index is 1.58. The molecule has 5 nitrogen and oxygen atoms in total. The van der Waals surface area contributed by atoms with Crippen LogP contribution in [-0.2, 0) is 11.3 Å². The molecule has 2 heterocycles. The summed E-state index contributed by atoms with van der Waals surface area (Å²) < 4.78 is 7.22. The van der Waals surface area contributed by atoms with Crippen LogP contribution >= 0.6 is 0 Å². The van der Waals surface area contributed by atoms with Crippen LogP contribution in [0.15, 0.2) is 35.3 Å². The van der Waals surface area contributed by atoms with E-state index in [4.69, 9.17) is 4.74 Å². The molecule has 1 aromatic carbocycles. The van der Waals surface area contributed by atoms with Crippen molar-refractivity contribution in [1.29, 1.82) is 0 Å². The van der Waals surface area contributed by atoms with Crippen LogP contribution < -0.4 is 5.69 Å². The van der Waals surface area contributed by atoms with Gasteiger partial charge in [-0.15, -0.1) is 0 Å². The summed E-state index contributed by atoms with van der Waals surface area (Å²) in [6.07, 6.45) is 8.76. The number of unbranched alkanes of at least 4 members (excludes halogenated alkanes) is 5. The third-order valence-corrected chi connectivity index (χ3v) is 4.63. The topological polar surface area (TPSA) is 59.9 Å². The Kier molecular flexibility index (Phi) is 6.23. The van der Waals surface area contributed by atoms with Crippen LogP contribution in [0.5, 0.6) is 0 Å². The standard InChI is InChI=1S/C20H27N3O2/c1-2-25-14-10-6-4-3-5-9-13-23-19-16-11-7-8-12-17(16)21-15-18(19)22-20(23)24/h7-8,11-12,15H,2-6,9-10,13-14H2,1H3,(H,22,24). The summed E-state index contributed by atoms with van der Waals surface area (Å²) in [6, 6.07) is 7.99. The number of benzene rings is 1. The Bertz CT molecular complexity index is 866. The highest BCUT2D eigenvalue weighted by molar-refractivity contribution is 6.01. The molecule has 5 heteroatoms. The molecule has 0 atom stereocenters. The Hall–Kier alpha value is -2.14. The number of rotatable bonds is 10. The molecule has 0 aliphatic heterocycles. The van der Waals surface area contributed by atoms with Crippen molar-refractivity contribution in [2.75, 3.05) is 13.2 Å². The molecule has 0 amide bonds. The largest absolute Gasteiger partial charge is 0.382 e. The number of pyridine rings is 1. The van der Waals surface area contributed by atoms with Crippen molar-refractivity contribution in [3.8, 4) is 0 Å². The quantitative estimate of drug-likeness (QED) is 0.561. The average molecular weight is 341 g/mol. The average Bonchev–Trinajstić information content (AvgIpc) is 2.96. The SMILES string of the molecule is CCOCCCCCCCCn1c(=O)[nH]c2cnc3ccccc3c21. The predicted molar refractivity (Wildman–Crippen MR) is 102 cm³/mol. The van der Waals surface area contributed by atoms with Crippen molar-refractivity contribution in [3.05, 3.63) is 40.9 Å². The van der Waals surface area contributed by atoms with Crippen LogP contribution in [0.2, 0.25) is 0 Å². The second-order valence-corrected chi connectivity index (χ2v) is 6.44. The number of hydrogen-bond acceptors (Lipinski definition) is 3. The fourth-order valence-corrected chi connectivity index (χ4v) is 3.33. The third kappa shape index (κ3) is 4.28. The molecule has 0 saturated carbocycles. The molecule has 0 spiro atoms. The first kappa shape index (κ1) is 17.7. The van der Waals surface area contributed by atoms with E-state index in [1.165, 1.54) is 19.3 Å². The lowest BCUT2D eigenvalue weighted by Gasteiger charge is -2.06. The van der Waals surface area contributed by atoms with Crippen molar-refractivity contribution in [2.24, 2.45) is 0 Å². The minimum absolute atomic E-state index is 0.0372. The van der Waals surface area contributed by atoms with E-state index in [0.29, 0.717) is 0 Å². The van der Waals surface area contributed by atoms with Crippen LogP contribution in [0, 0.1) is 0 Å². The molecule has 0 aliphatic carbocycles. The van der Waals surface area contributed by atoms with Gasteiger partial charge in [-0.2, -0.15) is 0 Å². The Morgan fingerprint density at radius 3 is 2.68 bits per heavy atom. The van der Waals surface area contributed by atoms with E-state index in [2.05, 4.69) is 9.97 Å². The van der Waals surface area contributed by atoms with E-state index < -0.39 is 0 Å². The maximum Gasteiger partial charge on any atom is 0.326 e. The predicted octanol–water partition coefficient (Wildman–Crippen LogP) is 4.25. The fourth-order valence-electron chi connectivity index (χ4n) is 3.33. The number of imidazole rings is 1. The molecule has 0 radical (unpaired) electrons. The fraction of sp³-hybridized carbons (Fsp3) is 0.500. The van der Waals surface area contributed by atoms with Crippen molar-refractivity contribution in [1.82, 2.24) is 14.5 Å². The first-order valence-corrected chi connectivity index (χ1v) is 9.35. The first-order chi connectivity index (χ1) is 12.3. The maximum atomic E-state index is 12.3. The normalized spacial score (nSPS) is 11.6. The van der Waals surface area contributed by atoms with E-state index in [1.54, 1.807) is 6.20 Å². The van der Waals surface area contributed by atoms with Gasteiger partial charge in [0.05, 0.1) is 22.7 Å². The van der Waals surface area contributed by atoms with Gasteiger partial charge in [0.1, 0.15) is 0 Å². The summed E-state index contributed by atoms with van der Waals surface area (Å²) in [7, 11) is 0. The zero-order valence-corrected chi connectivity index (χ0v) is 15.0. The smallest absolute Gasteiger partial charge is 0.326 e. The summed E-state index contributed by atoms with van der Waals surface area (Å²) >= 11 is 0. The third-order valence-electron chi connectivity index (χ3n) is 4.63. The summed E-state index contributed by atoms with van der Waals surface area (Å²) in [6.45, 7) is 4.48. The zero-order chi connectivity index (χ0) is 17.5. The van der Waals surface area contributed by atoms with Crippen molar-refractivity contribution >= 4 is 21.9 Å². The number of ether oxygens (including phenoxy) is 1. The highest BCUT2D eigenvalue weighted by Crippen LogP contribution is 2.21. The van der Waals surface area contributed by atoms with Gasteiger partial charge in [0.2, 0.25) is 0 Å². The van der Waals surface area contributed by atoms with Crippen LogP contribution in [0.25, 0.3) is 21.9 Å². The van der Waals surface area contributed by atoms with Crippen LogP contribution in [-0.4, -0.2) is 27.7 Å². The zero-order valence-electron chi connectivity index (χ0n) is 15.0. The molecule has 3 rings (SSSR count). The minimum Gasteiger partial charge on any atom is -0.382 e. The van der Waals surface area contributed by atoms with E-state index in [1.807, 2.05) is 35.8 Å². The van der Waals surface area contributed by atoms with E-state index in [-0.39, 0.29) is 5.69 Å². The molecule has 0 saturated heterocycles. The molecule has 25 heavy (non-hydrogen) atoms. The van der Waals surface area contributed by atoms with E-state index >= 15 is 0 Å². The second kappa shape index (κ2) is 8.81. The number of fused-ring (bicyclic) bond motifs is 3. The highest BCUT2D eigenvalue weighted by Gasteiger charge is 2.10.